The van der Waals surface area contributed by atoms with Gasteiger partial charge in [-0.1, -0.05) is 36.4 Å². The number of rotatable bonds is 5. The number of nitrogens with zero attached hydrogens (tertiary/aromatic N) is 2. The van der Waals surface area contributed by atoms with Gasteiger partial charge in [-0.3, -0.25) is 10.4 Å². The van der Waals surface area contributed by atoms with Crippen LogP contribution in [-0.4, -0.2) is 22.9 Å². The average molecular weight is 284 g/mol. The summed E-state index contributed by atoms with van der Waals surface area (Å²) in [6.45, 7) is 0.776. The summed E-state index contributed by atoms with van der Waals surface area (Å²) >= 11 is 5.13. The molecule has 0 spiro atoms. The Morgan fingerprint density at radius 2 is 2.05 bits per heavy atom. The predicted octanol–water partition coefficient (Wildman–Crippen LogP) is 2.12. The molecule has 4 nitrogen and oxygen atoms in total. The van der Waals surface area contributed by atoms with Gasteiger partial charge in [-0.25, -0.2) is 0 Å². The van der Waals surface area contributed by atoms with E-state index in [0.717, 1.165) is 18.5 Å². The van der Waals surface area contributed by atoms with E-state index in [1.165, 1.54) is 5.56 Å². The van der Waals surface area contributed by atoms with Crippen molar-refractivity contribution < 1.29 is 0 Å². The van der Waals surface area contributed by atoms with Crippen molar-refractivity contribution >= 4 is 23.5 Å². The minimum absolute atomic E-state index is 0.515. The van der Waals surface area contributed by atoms with Gasteiger partial charge in [-0.2, -0.15) is 5.10 Å². The zero-order valence-corrected chi connectivity index (χ0v) is 11.8. The molecule has 0 saturated carbocycles. The molecule has 2 rings (SSSR count). The van der Waals surface area contributed by atoms with Crippen LogP contribution >= 0.6 is 12.2 Å². The maximum Gasteiger partial charge on any atom is 0.186 e. The molecule has 0 bridgehead atoms. The molecule has 5 heteroatoms. The summed E-state index contributed by atoms with van der Waals surface area (Å²) in [6.07, 6.45) is 6.06. The van der Waals surface area contributed by atoms with Gasteiger partial charge in [-0.05, 0) is 30.3 Å². The van der Waals surface area contributed by atoms with Gasteiger partial charge < -0.3 is 5.32 Å². The molecule has 0 atom stereocenters. The van der Waals surface area contributed by atoms with Gasteiger partial charge in [0.2, 0.25) is 0 Å². The molecule has 0 saturated heterocycles. The molecule has 0 aliphatic heterocycles. The first kappa shape index (κ1) is 14.1. The zero-order chi connectivity index (χ0) is 14.0. The van der Waals surface area contributed by atoms with Gasteiger partial charge in [0.05, 0.1) is 6.21 Å². The third kappa shape index (κ3) is 5.16. The normalized spacial score (nSPS) is 10.4. The molecule has 20 heavy (non-hydrogen) atoms. The van der Waals surface area contributed by atoms with E-state index in [4.69, 9.17) is 12.2 Å². The highest BCUT2D eigenvalue weighted by atomic mass is 32.1. The quantitative estimate of drug-likeness (QED) is 0.502. The van der Waals surface area contributed by atoms with Crippen molar-refractivity contribution in [1.29, 1.82) is 0 Å². The molecule has 0 aliphatic carbocycles. The largest absolute Gasteiger partial charge is 0.361 e. The van der Waals surface area contributed by atoms with Gasteiger partial charge in [-0.15, -0.1) is 0 Å². The Labute approximate surface area is 123 Å². The molecular weight excluding hydrogens is 268 g/mol. The molecule has 2 aromatic rings. The van der Waals surface area contributed by atoms with Crippen molar-refractivity contribution in [3.8, 4) is 0 Å². The van der Waals surface area contributed by atoms with Crippen molar-refractivity contribution in [3.05, 3.63) is 66.0 Å². The van der Waals surface area contributed by atoms with Crippen LogP contribution in [0.2, 0.25) is 0 Å². The van der Waals surface area contributed by atoms with E-state index in [0.29, 0.717) is 5.11 Å². The van der Waals surface area contributed by atoms with Crippen LogP contribution in [0.25, 0.3) is 0 Å². The molecule has 0 aliphatic rings. The highest BCUT2D eigenvalue weighted by Gasteiger charge is 1.94. The number of hydrazone groups is 1. The fourth-order valence-electron chi connectivity index (χ4n) is 1.62. The van der Waals surface area contributed by atoms with Crippen LogP contribution in [0.15, 0.2) is 60.0 Å². The fourth-order valence-corrected chi connectivity index (χ4v) is 1.78. The lowest BCUT2D eigenvalue weighted by atomic mass is 10.1. The second kappa shape index (κ2) is 8.01. The number of aromatic nitrogens is 1. The second-order valence-electron chi connectivity index (χ2n) is 4.15. The van der Waals surface area contributed by atoms with E-state index in [9.17, 15) is 0 Å². The van der Waals surface area contributed by atoms with E-state index < -0.39 is 0 Å². The SMILES string of the molecule is S=C(NCCc1ccccc1)N/N=C\c1cccnc1. The van der Waals surface area contributed by atoms with Gasteiger partial charge in [0.25, 0.3) is 0 Å². The molecule has 0 amide bonds. The molecular formula is C15H16N4S. The molecule has 2 N–H and O–H groups in total. The summed E-state index contributed by atoms with van der Waals surface area (Å²) in [5, 5.41) is 7.67. The van der Waals surface area contributed by atoms with E-state index in [-0.39, 0.29) is 0 Å². The lowest BCUT2D eigenvalue weighted by Gasteiger charge is -2.06. The Morgan fingerprint density at radius 3 is 2.80 bits per heavy atom. The highest BCUT2D eigenvalue weighted by Crippen LogP contribution is 1.97. The average Bonchev–Trinajstić information content (AvgIpc) is 2.49. The first-order valence-electron chi connectivity index (χ1n) is 6.35. The van der Waals surface area contributed by atoms with E-state index in [1.807, 2.05) is 30.3 Å². The van der Waals surface area contributed by atoms with Gasteiger partial charge in [0, 0.05) is 24.5 Å². The Morgan fingerprint density at radius 1 is 1.20 bits per heavy atom. The summed E-state index contributed by atoms with van der Waals surface area (Å²) in [4.78, 5) is 4.00. The van der Waals surface area contributed by atoms with Crippen molar-refractivity contribution in [1.82, 2.24) is 15.7 Å². The van der Waals surface area contributed by atoms with Crippen molar-refractivity contribution in [3.63, 3.8) is 0 Å². The van der Waals surface area contributed by atoms with Crippen LogP contribution in [0.5, 0.6) is 0 Å². The van der Waals surface area contributed by atoms with Crippen molar-refractivity contribution in [2.24, 2.45) is 5.10 Å². The lowest BCUT2D eigenvalue weighted by molar-refractivity contribution is 0.838. The number of benzene rings is 1. The molecule has 0 unspecified atom stereocenters. The first-order chi connectivity index (χ1) is 9.84. The molecule has 0 radical (unpaired) electrons. The van der Waals surface area contributed by atoms with Crippen LogP contribution in [-0.2, 0) is 6.42 Å². The van der Waals surface area contributed by atoms with Crippen LogP contribution in [0.3, 0.4) is 0 Å². The smallest absolute Gasteiger partial charge is 0.186 e. The number of pyridine rings is 1. The fraction of sp³-hybridized carbons (Fsp3) is 0.133. The number of thiocarbonyl (C=S) groups is 1. The minimum atomic E-state index is 0.515. The Bertz CT molecular complexity index is 555. The van der Waals surface area contributed by atoms with Crippen LogP contribution in [0.1, 0.15) is 11.1 Å². The van der Waals surface area contributed by atoms with Crippen LogP contribution < -0.4 is 10.7 Å². The van der Waals surface area contributed by atoms with Gasteiger partial charge >= 0.3 is 0 Å². The number of hydrogen-bond acceptors (Lipinski definition) is 3. The minimum Gasteiger partial charge on any atom is -0.361 e. The molecule has 0 fully saturated rings. The van der Waals surface area contributed by atoms with E-state index in [1.54, 1.807) is 18.6 Å². The third-order valence-electron chi connectivity index (χ3n) is 2.61. The number of hydrogen-bond donors (Lipinski definition) is 2. The number of nitrogens with one attached hydrogen (secondary N) is 2. The van der Waals surface area contributed by atoms with Crippen molar-refractivity contribution in [2.75, 3.05) is 6.54 Å². The summed E-state index contributed by atoms with van der Waals surface area (Å²) in [5.41, 5.74) is 4.98. The molecule has 1 aromatic heterocycles. The Hall–Kier alpha value is -2.27. The molecule has 1 aromatic carbocycles. The Kier molecular flexibility index (Phi) is 5.67. The van der Waals surface area contributed by atoms with Crippen molar-refractivity contribution in [2.45, 2.75) is 6.42 Å². The second-order valence-corrected chi connectivity index (χ2v) is 4.56. The summed E-state index contributed by atoms with van der Waals surface area (Å²) in [7, 11) is 0. The van der Waals surface area contributed by atoms with E-state index >= 15 is 0 Å². The standard InChI is InChI=1S/C15H16N4S/c20-15(17-10-8-13-5-2-1-3-6-13)19-18-12-14-7-4-9-16-11-14/h1-7,9,11-12H,8,10H2,(H2,17,19,20)/b18-12-. The third-order valence-corrected chi connectivity index (χ3v) is 2.84. The summed E-state index contributed by atoms with van der Waals surface area (Å²) in [6, 6.07) is 14.0. The lowest BCUT2D eigenvalue weighted by Crippen LogP contribution is -2.33. The monoisotopic (exact) mass is 284 g/mol. The summed E-state index contributed by atoms with van der Waals surface area (Å²) < 4.78 is 0. The van der Waals surface area contributed by atoms with E-state index in [2.05, 4.69) is 33.0 Å². The maximum absolute atomic E-state index is 5.13. The van der Waals surface area contributed by atoms with Crippen LogP contribution in [0.4, 0.5) is 0 Å². The zero-order valence-electron chi connectivity index (χ0n) is 11.0. The maximum atomic E-state index is 5.13. The van der Waals surface area contributed by atoms with Gasteiger partial charge in [0.1, 0.15) is 0 Å². The highest BCUT2D eigenvalue weighted by molar-refractivity contribution is 7.80. The molecule has 1 heterocycles. The topological polar surface area (TPSA) is 49.3 Å². The predicted molar refractivity (Wildman–Crippen MR) is 85.7 cm³/mol. The molecule has 102 valence electrons. The first-order valence-corrected chi connectivity index (χ1v) is 6.76. The van der Waals surface area contributed by atoms with Gasteiger partial charge in [0.15, 0.2) is 5.11 Å². The van der Waals surface area contributed by atoms with Crippen LogP contribution in [0, 0.1) is 0 Å². The Balaban J connectivity index is 1.67. The summed E-state index contributed by atoms with van der Waals surface area (Å²) in [5.74, 6) is 0.